The van der Waals surface area contributed by atoms with E-state index in [1.807, 2.05) is 24.3 Å². The van der Waals surface area contributed by atoms with E-state index in [2.05, 4.69) is 10.3 Å². The molecule has 1 unspecified atom stereocenters. The molecule has 2 nitrogen and oxygen atoms in total. The van der Waals surface area contributed by atoms with Gasteiger partial charge >= 0.3 is 0 Å². The highest BCUT2D eigenvalue weighted by Crippen LogP contribution is 2.30. The van der Waals surface area contributed by atoms with Crippen molar-refractivity contribution in [2.75, 3.05) is 5.32 Å². The summed E-state index contributed by atoms with van der Waals surface area (Å²) in [6.45, 7) is 1.76. The fourth-order valence-electron chi connectivity index (χ4n) is 1.29. The van der Waals surface area contributed by atoms with Crippen molar-refractivity contribution in [3.05, 3.63) is 29.8 Å². The maximum atomic E-state index is 6.01. The molecule has 0 bridgehead atoms. The first-order chi connectivity index (χ1) is 6.08. The highest BCUT2D eigenvalue weighted by molar-refractivity contribution is 6.70. The van der Waals surface area contributed by atoms with Crippen LogP contribution in [0.1, 0.15) is 12.5 Å². The van der Waals surface area contributed by atoms with Gasteiger partial charge in [-0.1, -0.05) is 35.3 Å². The monoisotopic (exact) mass is 214 g/mol. The first-order valence-electron chi connectivity index (χ1n) is 3.90. The minimum Gasteiger partial charge on any atom is -0.348 e. The van der Waals surface area contributed by atoms with Gasteiger partial charge in [-0.3, -0.25) is 0 Å². The summed E-state index contributed by atoms with van der Waals surface area (Å²) in [6.07, 6.45) is 0. The number of fused-ring (bicyclic) bond motifs is 1. The van der Waals surface area contributed by atoms with Crippen molar-refractivity contribution in [2.45, 2.75) is 12.0 Å². The van der Waals surface area contributed by atoms with Crippen LogP contribution in [0.15, 0.2) is 29.3 Å². The van der Waals surface area contributed by atoms with Crippen molar-refractivity contribution in [3.8, 4) is 0 Å². The van der Waals surface area contributed by atoms with E-state index >= 15 is 0 Å². The fourth-order valence-corrected chi connectivity index (χ4v) is 1.85. The molecule has 1 aromatic rings. The van der Waals surface area contributed by atoms with Crippen LogP contribution in [0.3, 0.4) is 0 Å². The van der Waals surface area contributed by atoms with Gasteiger partial charge < -0.3 is 5.32 Å². The van der Waals surface area contributed by atoms with Gasteiger partial charge in [0.25, 0.3) is 0 Å². The Hall–Kier alpha value is -0.730. The third-order valence-electron chi connectivity index (χ3n) is 1.82. The SMILES string of the molecule is CC1(Cl)N=C(Cl)c2ccccc2N1. The van der Waals surface area contributed by atoms with E-state index in [0.29, 0.717) is 5.17 Å². The lowest BCUT2D eigenvalue weighted by Gasteiger charge is -2.26. The number of alkyl halides is 1. The summed E-state index contributed by atoms with van der Waals surface area (Å²) in [6, 6.07) is 7.66. The van der Waals surface area contributed by atoms with E-state index in [9.17, 15) is 0 Å². The lowest BCUT2D eigenvalue weighted by molar-refractivity contribution is 0.759. The summed E-state index contributed by atoms with van der Waals surface area (Å²) in [7, 11) is 0. The third kappa shape index (κ3) is 1.64. The Morgan fingerprint density at radius 3 is 2.85 bits per heavy atom. The van der Waals surface area contributed by atoms with Gasteiger partial charge in [0.1, 0.15) is 5.17 Å². The van der Waals surface area contributed by atoms with Gasteiger partial charge in [-0.25, -0.2) is 4.99 Å². The summed E-state index contributed by atoms with van der Waals surface area (Å²) in [4.78, 5) is 4.09. The molecule has 0 amide bonds. The van der Waals surface area contributed by atoms with Crippen LogP contribution in [-0.4, -0.2) is 10.3 Å². The Morgan fingerprint density at radius 2 is 2.08 bits per heavy atom. The first kappa shape index (κ1) is 8.85. The number of hydrogen-bond acceptors (Lipinski definition) is 2. The summed E-state index contributed by atoms with van der Waals surface area (Å²) >= 11 is 12.0. The molecule has 4 heteroatoms. The molecule has 13 heavy (non-hydrogen) atoms. The Kier molecular flexibility index (Phi) is 1.97. The summed E-state index contributed by atoms with van der Waals surface area (Å²) in [5.74, 6) is 0. The molecule has 1 aliphatic heterocycles. The number of nitrogens with one attached hydrogen (secondary N) is 1. The standard InChI is InChI=1S/C9H8Cl2N2/c1-9(11)12-7-5-3-2-4-6(7)8(10)13-9/h2-5,12H,1H3. The van der Waals surface area contributed by atoms with Crippen LogP contribution in [-0.2, 0) is 0 Å². The van der Waals surface area contributed by atoms with E-state index in [1.165, 1.54) is 0 Å². The number of anilines is 1. The Morgan fingerprint density at radius 1 is 1.38 bits per heavy atom. The zero-order valence-electron chi connectivity index (χ0n) is 7.01. The number of nitrogens with zero attached hydrogens (tertiary/aromatic N) is 1. The molecule has 0 saturated carbocycles. The molecule has 0 spiro atoms. The number of benzene rings is 1. The second-order valence-corrected chi connectivity index (χ2v) is 4.12. The zero-order chi connectivity index (χ0) is 9.47. The van der Waals surface area contributed by atoms with Crippen LogP contribution in [0.25, 0.3) is 0 Å². The molecular formula is C9H8Cl2N2. The van der Waals surface area contributed by atoms with E-state index in [4.69, 9.17) is 23.2 Å². The smallest absolute Gasteiger partial charge is 0.204 e. The highest BCUT2D eigenvalue weighted by Gasteiger charge is 2.26. The molecule has 0 saturated heterocycles. The average molecular weight is 215 g/mol. The van der Waals surface area contributed by atoms with Crippen LogP contribution in [0.4, 0.5) is 5.69 Å². The maximum Gasteiger partial charge on any atom is 0.204 e. The van der Waals surface area contributed by atoms with Gasteiger partial charge in [-0.05, 0) is 19.1 Å². The lowest BCUT2D eigenvalue weighted by Crippen LogP contribution is -2.30. The van der Waals surface area contributed by atoms with Crippen LogP contribution in [0.2, 0.25) is 0 Å². The van der Waals surface area contributed by atoms with Crippen molar-refractivity contribution in [1.29, 1.82) is 0 Å². The molecule has 0 aliphatic carbocycles. The van der Waals surface area contributed by atoms with Crippen molar-refractivity contribution in [1.82, 2.24) is 0 Å². The molecule has 1 aliphatic rings. The Balaban J connectivity index is 2.55. The van der Waals surface area contributed by atoms with E-state index in [1.54, 1.807) is 6.92 Å². The largest absolute Gasteiger partial charge is 0.348 e. The Labute approximate surface area is 86.6 Å². The van der Waals surface area contributed by atoms with Crippen LogP contribution < -0.4 is 5.32 Å². The number of rotatable bonds is 0. The van der Waals surface area contributed by atoms with Crippen molar-refractivity contribution in [2.24, 2.45) is 4.99 Å². The van der Waals surface area contributed by atoms with Gasteiger partial charge in [-0.2, -0.15) is 0 Å². The highest BCUT2D eigenvalue weighted by atomic mass is 35.5. The first-order valence-corrected chi connectivity index (χ1v) is 4.66. The number of aliphatic imine (C=N–C) groups is 1. The number of halogens is 2. The molecule has 0 aromatic heterocycles. The third-order valence-corrected chi connectivity index (χ3v) is 2.29. The van der Waals surface area contributed by atoms with Crippen molar-refractivity contribution >= 4 is 34.1 Å². The molecule has 1 N–H and O–H groups in total. The van der Waals surface area contributed by atoms with Gasteiger partial charge in [0.05, 0.1) is 0 Å². The second kappa shape index (κ2) is 2.89. The van der Waals surface area contributed by atoms with Crippen LogP contribution in [0, 0.1) is 0 Å². The van der Waals surface area contributed by atoms with E-state index in [-0.39, 0.29) is 0 Å². The second-order valence-electron chi connectivity index (χ2n) is 3.03. The lowest BCUT2D eigenvalue weighted by atomic mass is 10.1. The predicted molar refractivity (Wildman–Crippen MR) is 56.7 cm³/mol. The summed E-state index contributed by atoms with van der Waals surface area (Å²) in [5.41, 5.74) is 1.81. The summed E-state index contributed by atoms with van der Waals surface area (Å²) in [5, 5.41) is 2.68. The molecule has 2 rings (SSSR count). The van der Waals surface area contributed by atoms with E-state index in [0.717, 1.165) is 11.3 Å². The van der Waals surface area contributed by atoms with Gasteiger partial charge in [0, 0.05) is 11.3 Å². The fraction of sp³-hybridized carbons (Fsp3) is 0.222. The van der Waals surface area contributed by atoms with Crippen LogP contribution >= 0.6 is 23.2 Å². The quantitative estimate of drug-likeness (QED) is 0.522. The number of para-hydroxylation sites is 1. The maximum absolute atomic E-state index is 6.01. The van der Waals surface area contributed by atoms with Gasteiger partial charge in [0.2, 0.25) is 5.12 Å². The molecule has 1 heterocycles. The Bertz CT molecular complexity index is 372. The van der Waals surface area contributed by atoms with Gasteiger partial charge in [0.15, 0.2) is 0 Å². The van der Waals surface area contributed by atoms with E-state index < -0.39 is 5.12 Å². The van der Waals surface area contributed by atoms with Crippen molar-refractivity contribution < 1.29 is 0 Å². The minimum absolute atomic E-state index is 0.451. The van der Waals surface area contributed by atoms with Crippen molar-refractivity contribution in [3.63, 3.8) is 0 Å². The molecular weight excluding hydrogens is 207 g/mol. The summed E-state index contributed by atoms with van der Waals surface area (Å²) < 4.78 is 0. The van der Waals surface area contributed by atoms with Gasteiger partial charge in [-0.15, -0.1) is 0 Å². The topological polar surface area (TPSA) is 24.4 Å². The molecule has 0 radical (unpaired) electrons. The molecule has 1 aromatic carbocycles. The predicted octanol–water partition coefficient (Wildman–Crippen LogP) is 3.01. The number of hydrogen-bond donors (Lipinski definition) is 1. The normalized spacial score (nSPS) is 25.9. The molecule has 1 atom stereocenters. The molecule has 0 fully saturated rings. The van der Waals surface area contributed by atoms with Crippen LogP contribution in [0.5, 0.6) is 0 Å². The minimum atomic E-state index is -0.828. The average Bonchev–Trinajstić information content (AvgIpc) is 2.02. The zero-order valence-corrected chi connectivity index (χ0v) is 8.52. The molecule has 68 valence electrons.